The average molecular weight is 297 g/mol. The van der Waals surface area contributed by atoms with Gasteiger partial charge in [-0.3, -0.25) is 4.98 Å². The topological polar surface area (TPSA) is 69.6 Å². The Morgan fingerprint density at radius 2 is 2.05 bits per heavy atom. The van der Waals surface area contributed by atoms with Crippen LogP contribution < -0.4 is 5.73 Å². The van der Waals surface area contributed by atoms with E-state index in [-0.39, 0.29) is 0 Å². The summed E-state index contributed by atoms with van der Waals surface area (Å²) in [4.78, 5) is 14.0. The van der Waals surface area contributed by atoms with E-state index in [9.17, 15) is 0 Å². The van der Waals surface area contributed by atoms with Gasteiger partial charge in [0.25, 0.3) is 0 Å². The molecule has 0 saturated heterocycles. The summed E-state index contributed by atoms with van der Waals surface area (Å²) in [6.07, 6.45) is 9.09. The lowest BCUT2D eigenvalue weighted by atomic mass is 10.1. The van der Waals surface area contributed by atoms with E-state index in [1.807, 2.05) is 24.7 Å². The second-order valence-electron chi connectivity index (χ2n) is 5.66. The molecule has 3 rings (SSSR count). The SMILES string of the molecule is CCCCc1nc2cccnc2c2c1ncn2CCCCN. The maximum absolute atomic E-state index is 5.60. The molecule has 3 aromatic heterocycles. The third kappa shape index (κ3) is 2.81. The van der Waals surface area contributed by atoms with Crippen molar-refractivity contribution in [2.75, 3.05) is 6.54 Å². The first-order valence-electron chi connectivity index (χ1n) is 8.13. The summed E-state index contributed by atoms with van der Waals surface area (Å²) in [5.41, 5.74) is 10.7. The highest BCUT2D eigenvalue weighted by Gasteiger charge is 2.14. The quantitative estimate of drug-likeness (QED) is 0.680. The van der Waals surface area contributed by atoms with Crippen molar-refractivity contribution in [1.82, 2.24) is 19.5 Å². The number of unbranched alkanes of at least 4 members (excludes halogenated alkanes) is 2. The second-order valence-corrected chi connectivity index (χ2v) is 5.66. The summed E-state index contributed by atoms with van der Waals surface area (Å²) in [5, 5.41) is 0. The fourth-order valence-corrected chi connectivity index (χ4v) is 2.82. The van der Waals surface area contributed by atoms with Crippen molar-refractivity contribution in [1.29, 1.82) is 0 Å². The number of nitrogens with zero attached hydrogens (tertiary/aromatic N) is 4. The Morgan fingerprint density at radius 3 is 2.86 bits per heavy atom. The molecule has 0 aliphatic heterocycles. The third-order valence-electron chi connectivity index (χ3n) is 4.00. The fourth-order valence-electron chi connectivity index (χ4n) is 2.82. The van der Waals surface area contributed by atoms with E-state index < -0.39 is 0 Å². The van der Waals surface area contributed by atoms with Crippen molar-refractivity contribution in [2.24, 2.45) is 5.73 Å². The average Bonchev–Trinajstić information content (AvgIpc) is 2.97. The van der Waals surface area contributed by atoms with Gasteiger partial charge in [-0.15, -0.1) is 0 Å². The van der Waals surface area contributed by atoms with E-state index in [2.05, 4.69) is 21.5 Å². The van der Waals surface area contributed by atoms with Gasteiger partial charge in [-0.2, -0.15) is 0 Å². The Labute approximate surface area is 130 Å². The fraction of sp³-hybridized carbons (Fsp3) is 0.471. The van der Waals surface area contributed by atoms with Crippen LogP contribution in [0, 0.1) is 0 Å². The lowest BCUT2D eigenvalue weighted by Gasteiger charge is -2.08. The van der Waals surface area contributed by atoms with Crippen LogP contribution in [-0.2, 0) is 13.0 Å². The van der Waals surface area contributed by atoms with Gasteiger partial charge >= 0.3 is 0 Å². The van der Waals surface area contributed by atoms with Crippen LogP contribution in [0.2, 0.25) is 0 Å². The molecule has 0 fully saturated rings. The zero-order valence-electron chi connectivity index (χ0n) is 13.1. The maximum atomic E-state index is 5.60. The van der Waals surface area contributed by atoms with Gasteiger partial charge in [0.05, 0.1) is 23.1 Å². The van der Waals surface area contributed by atoms with Gasteiger partial charge in [0, 0.05) is 12.7 Å². The molecular weight excluding hydrogens is 274 g/mol. The van der Waals surface area contributed by atoms with Crippen molar-refractivity contribution in [3.05, 3.63) is 30.4 Å². The molecule has 22 heavy (non-hydrogen) atoms. The molecule has 0 atom stereocenters. The standard InChI is InChI=1S/C17H23N5/c1-2-3-7-13-16-17(15-14(21-13)8-6-10-19-15)22(12-20-16)11-5-4-9-18/h6,8,10,12H,2-5,7,9,11,18H2,1H3. The van der Waals surface area contributed by atoms with E-state index in [1.165, 1.54) is 0 Å². The van der Waals surface area contributed by atoms with Gasteiger partial charge in [-0.1, -0.05) is 13.3 Å². The molecular formula is C17H23N5. The van der Waals surface area contributed by atoms with E-state index in [1.54, 1.807) is 0 Å². The molecule has 116 valence electrons. The minimum absolute atomic E-state index is 0.731. The number of imidazole rings is 1. The van der Waals surface area contributed by atoms with Gasteiger partial charge < -0.3 is 10.3 Å². The van der Waals surface area contributed by atoms with Crippen molar-refractivity contribution in [3.63, 3.8) is 0 Å². The third-order valence-corrected chi connectivity index (χ3v) is 4.00. The molecule has 0 radical (unpaired) electrons. The Morgan fingerprint density at radius 1 is 1.14 bits per heavy atom. The van der Waals surface area contributed by atoms with Crippen LogP contribution in [0.25, 0.3) is 22.1 Å². The van der Waals surface area contributed by atoms with Crippen LogP contribution in [0.3, 0.4) is 0 Å². The molecule has 0 unspecified atom stereocenters. The highest BCUT2D eigenvalue weighted by molar-refractivity contribution is 6.00. The van der Waals surface area contributed by atoms with E-state index in [4.69, 9.17) is 10.7 Å². The maximum Gasteiger partial charge on any atom is 0.115 e. The Kier molecular flexibility index (Phi) is 4.63. The van der Waals surface area contributed by atoms with Crippen LogP contribution >= 0.6 is 0 Å². The number of pyridine rings is 2. The number of aryl methyl sites for hydroxylation is 2. The number of rotatable bonds is 7. The van der Waals surface area contributed by atoms with Crippen LogP contribution in [0.4, 0.5) is 0 Å². The summed E-state index contributed by atoms with van der Waals surface area (Å²) < 4.78 is 2.21. The summed E-state index contributed by atoms with van der Waals surface area (Å²) >= 11 is 0. The molecule has 0 spiro atoms. The Hall–Kier alpha value is -2.01. The highest BCUT2D eigenvalue weighted by atomic mass is 15.1. The monoisotopic (exact) mass is 297 g/mol. The molecule has 0 saturated carbocycles. The van der Waals surface area contributed by atoms with Crippen LogP contribution in [-0.4, -0.2) is 26.1 Å². The molecule has 3 aromatic rings. The molecule has 3 heterocycles. The van der Waals surface area contributed by atoms with Crippen molar-refractivity contribution in [3.8, 4) is 0 Å². The van der Waals surface area contributed by atoms with E-state index in [0.29, 0.717) is 0 Å². The summed E-state index contributed by atoms with van der Waals surface area (Å²) in [6.45, 7) is 3.86. The van der Waals surface area contributed by atoms with Crippen molar-refractivity contribution in [2.45, 2.75) is 45.6 Å². The van der Waals surface area contributed by atoms with Crippen LogP contribution in [0.5, 0.6) is 0 Å². The number of nitrogens with two attached hydrogens (primary N) is 1. The number of hydrogen-bond donors (Lipinski definition) is 1. The zero-order chi connectivity index (χ0) is 15.4. The normalized spacial score (nSPS) is 11.5. The van der Waals surface area contributed by atoms with Crippen LogP contribution in [0.1, 0.15) is 38.3 Å². The zero-order valence-corrected chi connectivity index (χ0v) is 13.1. The molecule has 0 aromatic carbocycles. The largest absolute Gasteiger partial charge is 0.330 e. The van der Waals surface area contributed by atoms with E-state index >= 15 is 0 Å². The highest BCUT2D eigenvalue weighted by Crippen LogP contribution is 2.25. The molecule has 0 amide bonds. The van der Waals surface area contributed by atoms with Crippen molar-refractivity contribution >= 4 is 22.1 Å². The first-order valence-corrected chi connectivity index (χ1v) is 8.13. The molecule has 5 heteroatoms. The van der Waals surface area contributed by atoms with Gasteiger partial charge in [0.1, 0.15) is 11.0 Å². The summed E-state index contributed by atoms with van der Waals surface area (Å²) in [7, 11) is 0. The Balaban J connectivity index is 2.12. The summed E-state index contributed by atoms with van der Waals surface area (Å²) in [5.74, 6) is 0. The molecule has 0 bridgehead atoms. The van der Waals surface area contributed by atoms with Gasteiger partial charge in [0.2, 0.25) is 0 Å². The minimum Gasteiger partial charge on any atom is -0.330 e. The lowest BCUT2D eigenvalue weighted by Crippen LogP contribution is -2.03. The van der Waals surface area contributed by atoms with E-state index in [0.717, 1.165) is 73.0 Å². The first kappa shape index (κ1) is 14.9. The molecule has 2 N–H and O–H groups in total. The number of hydrogen-bond acceptors (Lipinski definition) is 4. The second kappa shape index (κ2) is 6.83. The lowest BCUT2D eigenvalue weighted by molar-refractivity contribution is 0.627. The minimum atomic E-state index is 0.731. The predicted molar refractivity (Wildman–Crippen MR) is 89.7 cm³/mol. The molecule has 0 aliphatic carbocycles. The molecule has 5 nitrogen and oxygen atoms in total. The molecule has 0 aliphatic rings. The Bertz CT molecular complexity index is 762. The van der Waals surface area contributed by atoms with Crippen LogP contribution in [0.15, 0.2) is 24.7 Å². The number of aromatic nitrogens is 4. The predicted octanol–water partition coefficient (Wildman–Crippen LogP) is 3.06. The number of fused-ring (bicyclic) bond motifs is 3. The van der Waals surface area contributed by atoms with Gasteiger partial charge in [0.15, 0.2) is 0 Å². The van der Waals surface area contributed by atoms with Gasteiger partial charge in [-0.25, -0.2) is 9.97 Å². The van der Waals surface area contributed by atoms with Gasteiger partial charge in [-0.05, 0) is 44.4 Å². The van der Waals surface area contributed by atoms with Crippen molar-refractivity contribution < 1.29 is 0 Å². The first-order chi connectivity index (χ1) is 10.8. The smallest absolute Gasteiger partial charge is 0.115 e. The summed E-state index contributed by atoms with van der Waals surface area (Å²) in [6, 6.07) is 3.98.